The Labute approximate surface area is 186 Å². The van der Waals surface area contributed by atoms with Crippen molar-refractivity contribution in [1.82, 2.24) is 0 Å². The molecule has 3 N–H and O–H groups in total. The normalized spacial score (nSPS) is 13.8. The Morgan fingerprint density at radius 2 is 1.28 bits per heavy atom. The molecule has 0 aliphatic carbocycles. The van der Waals surface area contributed by atoms with E-state index in [1.54, 1.807) is 0 Å². The van der Waals surface area contributed by atoms with Gasteiger partial charge in [0.2, 0.25) is 0 Å². The van der Waals surface area contributed by atoms with Gasteiger partial charge in [-0.05, 0) is 47.5 Å². The molecule has 0 fully saturated rings. The molecular formula is C19H12Cl4O5S. The zero-order valence-corrected chi connectivity index (χ0v) is 18.1. The molecule has 1 atom stereocenters. The lowest BCUT2D eigenvalue weighted by Gasteiger charge is -2.33. The van der Waals surface area contributed by atoms with Gasteiger partial charge in [-0.2, -0.15) is 8.42 Å². The van der Waals surface area contributed by atoms with Crippen LogP contribution in [0, 0.1) is 0 Å². The van der Waals surface area contributed by atoms with Gasteiger partial charge >= 0.3 is 0 Å². The first-order chi connectivity index (χ1) is 13.5. The van der Waals surface area contributed by atoms with Crippen LogP contribution in [-0.2, 0) is 14.9 Å². The molecule has 3 aromatic rings. The number of phenolic OH excluding ortho intramolecular Hbond substituents is 2. The van der Waals surface area contributed by atoms with Crippen LogP contribution >= 0.6 is 46.4 Å². The van der Waals surface area contributed by atoms with E-state index in [2.05, 4.69) is 0 Å². The topological polar surface area (TPSA) is 94.8 Å². The largest absolute Gasteiger partial charge is 0.504 e. The van der Waals surface area contributed by atoms with Gasteiger partial charge in [0, 0.05) is 26.7 Å². The maximum Gasteiger partial charge on any atom is 0.283 e. The van der Waals surface area contributed by atoms with Crippen LogP contribution in [0.5, 0.6) is 11.5 Å². The molecule has 0 bridgehead atoms. The molecule has 0 saturated carbocycles. The minimum atomic E-state index is -5.04. The predicted molar refractivity (Wildman–Crippen MR) is 114 cm³/mol. The highest BCUT2D eigenvalue weighted by molar-refractivity contribution is 7.87. The molecule has 5 nitrogen and oxygen atoms in total. The van der Waals surface area contributed by atoms with E-state index in [-0.39, 0.29) is 36.8 Å². The van der Waals surface area contributed by atoms with E-state index in [4.69, 9.17) is 46.4 Å². The lowest BCUT2D eigenvalue weighted by atomic mass is 9.83. The van der Waals surface area contributed by atoms with Crippen LogP contribution in [0.4, 0.5) is 0 Å². The van der Waals surface area contributed by atoms with Crippen molar-refractivity contribution in [3.63, 3.8) is 0 Å². The summed E-state index contributed by atoms with van der Waals surface area (Å²) in [5, 5.41) is 19.9. The first-order valence-electron chi connectivity index (χ1n) is 7.88. The van der Waals surface area contributed by atoms with Crippen LogP contribution in [0.2, 0.25) is 20.1 Å². The smallest absolute Gasteiger partial charge is 0.283 e. The third kappa shape index (κ3) is 3.89. The Bertz CT molecular complexity index is 1190. The van der Waals surface area contributed by atoms with Crippen LogP contribution < -0.4 is 0 Å². The molecule has 29 heavy (non-hydrogen) atoms. The lowest BCUT2D eigenvalue weighted by molar-refractivity contribution is 0.402. The number of halogens is 4. The van der Waals surface area contributed by atoms with Crippen LogP contribution in [-0.4, -0.2) is 23.2 Å². The molecule has 0 aliphatic rings. The summed E-state index contributed by atoms with van der Waals surface area (Å²) in [5.41, 5.74) is -0.276. The van der Waals surface area contributed by atoms with E-state index in [0.29, 0.717) is 0 Å². The highest BCUT2D eigenvalue weighted by Crippen LogP contribution is 2.49. The second kappa shape index (κ2) is 7.87. The summed E-state index contributed by atoms with van der Waals surface area (Å²) < 4.78 is 34.0. The van der Waals surface area contributed by atoms with Crippen molar-refractivity contribution in [3.05, 3.63) is 91.4 Å². The quantitative estimate of drug-likeness (QED) is 0.239. The van der Waals surface area contributed by atoms with Crippen molar-refractivity contribution >= 4 is 56.5 Å². The van der Waals surface area contributed by atoms with Gasteiger partial charge in [-0.1, -0.05) is 58.5 Å². The molecule has 0 saturated heterocycles. The van der Waals surface area contributed by atoms with Gasteiger partial charge in [-0.3, -0.25) is 4.55 Å². The summed E-state index contributed by atoms with van der Waals surface area (Å²) in [5.74, 6) is -1.22. The molecule has 1 unspecified atom stereocenters. The summed E-state index contributed by atoms with van der Waals surface area (Å²) in [6.07, 6.45) is 0. The summed E-state index contributed by atoms with van der Waals surface area (Å²) in [4.78, 5) is 0. The summed E-state index contributed by atoms with van der Waals surface area (Å²) in [6, 6.07) is 11.6. The first-order valence-corrected chi connectivity index (χ1v) is 10.8. The van der Waals surface area contributed by atoms with Crippen LogP contribution in [0.3, 0.4) is 0 Å². The van der Waals surface area contributed by atoms with Crippen molar-refractivity contribution in [2.24, 2.45) is 0 Å². The van der Waals surface area contributed by atoms with Gasteiger partial charge < -0.3 is 10.2 Å². The van der Waals surface area contributed by atoms with E-state index in [1.165, 1.54) is 42.5 Å². The van der Waals surface area contributed by atoms with E-state index in [0.717, 1.165) is 12.1 Å². The van der Waals surface area contributed by atoms with E-state index in [9.17, 15) is 23.2 Å². The second-order valence-electron chi connectivity index (χ2n) is 6.15. The Hall–Kier alpha value is -1.67. The van der Waals surface area contributed by atoms with Crippen molar-refractivity contribution in [1.29, 1.82) is 0 Å². The highest BCUT2D eigenvalue weighted by atomic mass is 35.5. The number of hydrogen-bond acceptors (Lipinski definition) is 4. The highest BCUT2D eigenvalue weighted by Gasteiger charge is 2.50. The molecule has 152 valence electrons. The first kappa shape index (κ1) is 22.0. The third-order valence-electron chi connectivity index (χ3n) is 4.33. The summed E-state index contributed by atoms with van der Waals surface area (Å²) in [7, 11) is -5.04. The predicted octanol–water partition coefficient (Wildman–Crippen LogP) is 5.89. The Morgan fingerprint density at radius 1 is 0.724 bits per heavy atom. The zero-order chi connectivity index (χ0) is 21.6. The molecule has 3 aromatic carbocycles. The Kier molecular flexibility index (Phi) is 5.98. The summed E-state index contributed by atoms with van der Waals surface area (Å²) >= 11 is 24.5. The van der Waals surface area contributed by atoms with E-state index < -0.39 is 26.4 Å². The third-order valence-corrected chi connectivity index (χ3v) is 6.78. The maximum atomic E-state index is 13.0. The van der Waals surface area contributed by atoms with Crippen molar-refractivity contribution in [2.75, 3.05) is 0 Å². The molecule has 10 heteroatoms. The molecule has 0 amide bonds. The molecular weight excluding hydrogens is 482 g/mol. The molecule has 0 aliphatic heterocycles. The average molecular weight is 494 g/mol. The van der Waals surface area contributed by atoms with Crippen molar-refractivity contribution < 1.29 is 23.2 Å². The van der Waals surface area contributed by atoms with Gasteiger partial charge in [0.15, 0.2) is 16.2 Å². The maximum absolute atomic E-state index is 13.0. The van der Waals surface area contributed by atoms with Gasteiger partial charge in [-0.25, -0.2) is 0 Å². The zero-order valence-electron chi connectivity index (χ0n) is 14.3. The minimum Gasteiger partial charge on any atom is -0.504 e. The Morgan fingerprint density at radius 3 is 1.83 bits per heavy atom. The summed E-state index contributed by atoms with van der Waals surface area (Å²) in [6.45, 7) is 0. The minimum absolute atomic E-state index is 0.0119. The monoisotopic (exact) mass is 492 g/mol. The number of rotatable bonds is 4. The standard InChI is InChI=1S/C19H12Cl4O5S/c20-12-3-1-2-10(4-12)19(29(26,27)28,11-5-13(21)7-14(22)6-11)15-8-17(24)18(25)9-16(15)23/h1-9,24-25H,(H,26,27,28). The molecule has 0 radical (unpaired) electrons. The van der Waals surface area contributed by atoms with Gasteiger partial charge in [0.25, 0.3) is 10.1 Å². The fourth-order valence-corrected chi connectivity index (χ4v) is 5.56. The molecule has 0 heterocycles. The molecule has 3 rings (SSSR count). The van der Waals surface area contributed by atoms with E-state index >= 15 is 0 Å². The van der Waals surface area contributed by atoms with Gasteiger partial charge in [-0.15, -0.1) is 0 Å². The SMILES string of the molecule is O=S(=O)(O)C(c1cccc(Cl)c1)(c1cc(Cl)cc(Cl)c1)c1cc(O)c(O)cc1Cl. The number of aromatic hydroxyl groups is 2. The second-order valence-corrected chi connectivity index (χ2v) is 9.42. The van der Waals surface area contributed by atoms with Crippen molar-refractivity contribution in [2.45, 2.75) is 4.75 Å². The van der Waals surface area contributed by atoms with Crippen LogP contribution in [0.15, 0.2) is 54.6 Å². The Balaban J connectivity index is 2.60. The van der Waals surface area contributed by atoms with Crippen LogP contribution in [0.1, 0.15) is 16.7 Å². The van der Waals surface area contributed by atoms with Crippen molar-refractivity contribution in [3.8, 4) is 11.5 Å². The average Bonchev–Trinajstić information content (AvgIpc) is 2.58. The fourth-order valence-electron chi connectivity index (χ4n) is 3.20. The van der Waals surface area contributed by atoms with Gasteiger partial charge in [0.05, 0.1) is 5.02 Å². The number of hydrogen-bond donors (Lipinski definition) is 3. The van der Waals surface area contributed by atoms with E-state index in [1.807, 2.05) is 0 Å². The van der Waals surface area contributed by atoms with Crippen LogP contribution in [0.25, 0.3) is 0 Å². The van der Waals surface area contributed by atoms with Gasteiger partial charge in [0.1, 0.15) is 0 Å². The fraction of sp³-hybridized carbons (Fsp3) is 0.0526. The number of benzene rings is 3. The number of phenols is 2. The molecule has 0 spiro atoms. The lowest BCUT2D eigenvalue weighted by Crippen LogP contribution is -2.38. The molecule has 0 aromatic heterocycles.